The van der Waals surface area contributed by atoms with Gasteiger partial charge in [0.2, 0.25) is 5.91 Å². The van der Waals surface area contributed by atoms with Gasteiger partial charge in [0.25, 0.3) is 5.56 Å². The fourth-order valence-corrected chi connectivity index (χ4v) is 4.53. The molecule has 8 nitrogen and oxygen atoms in total. The molecule has 4 rings (SSSR count). The van der Waals surface area contributed by atoms with E-state index < -0.39 is 0 Å². The Morgan fingerprint density at radius 3 is 2.66 bits per heavy atom. The average Bonchev–Trinajstić information content (AvgIpc) is 3.13. The van der Waals surface area contributed by atoms with Crippen molar-refractivity contribution < 1.29 is 4.79 Å². The Morgan fingerprint density at radius 2 is 1.97 bits per heavy atom. The first-order chi connectivity index (χ1) is 15.1. The van der Waals surface area contributed by atoms with Crippen molar-refractivity contribution in [3.8, 4) is 0 Å². The first kappa shape index (κ1) is 22.7. The molecule has 1 fully saturated rings. The molecule has 1 unspecified atom stereocenters. The van der Waals surface area contributed by atoms with Crippen LogP contribution in [-0.4, -0.2) is 48.9 Å². The van der Waals surface area contributed by atoms with Crippen molar-refractivity contribution in [3.05, 3.63) is 50.0 Å². The summed E-state index contributed by atoms with van der Waals surface area (Å²) in [4.78, 5) is 34.9. The SMILES string of the molecule is CC(C)(C)CC(=O)N1CCCC(c2nc3c(nnn3Cc3c(Cl)cccc3Cl)c(=O)[nH]2)C1. The third-order valence-corrected chi connectivity index (χ3v) is 6.31. The maximum atomic E-state index is 12.7. The number of H-pyrrole nitrogens is 1. The summed E-state index contributed by atoms with van der Waals surface area (Å²) in [5.41, 5.74) is 0.794. The maximum Gasteiger partial charge on any atom is 0.281 e. The van der Waals surface area contributed by atoms with Gasteiger partial charge in [-0.1, -0.05) is 55.3 Å². The number of fused-ring (bicyclic) bond motifs is 1. The molecule has 1 aliphatic rings. The van der Waals surface area contributed by atoms with E-state index in [2.05, 4.69) is 36.1 Å². The van der Waals surface area contributed by atoms with E-state index in [1.807, 2.05) is 4.90 Å². The van der Waals surface area contributed by atoms with Gasteiger partial charge in [0, 0.05) is 41.0 Å². The second-order valence-corrected chi connectivity index (χ2v) is 10.3. The van der Waals surface area contributed by atoms with Crippen LogP contribution in [0.15, 0.2) is 23.0 Å². The summed E-state index contributed by atoms with van der Waals surface area (Å²) in [5.74, 6) is 0.618. The molecular formula is C22H26Cl2N6O2. The number of aromatic amines is 1. The number of halogens is 2. The Kier molecular flexibility index (Phi) is 6.27. The van der Waals surface area contributed by atoms with Crippen molar-refractivity contribution in [1.82, 2.24) is 29.9 Å². The molecule has 0 aliphatic carbocycles. The Labute approximate surface area is 195 Å². The second-order valence-electron chi connectivity index (χ2n) is 9.49. The molecule has 0 bridgehead atoms. The van der Waals surface area contributed by atoms with Crippen LogP contribution < -0.4 is 5.56 Å². The van der Waals surface area contributed by atoms with Crippen LogP contribution >= 0.6 is 23.2 Å². The summed E-state index contributed by atoms with van der Waals surface area (Å²) in [6, 6.07) is 5.27. The van der Waals surface area contributed by atoms with Gasteiger partial charge in [-0.3, -0.25) is 9.59 Å². The van der Waals surface area contributed by atoms with Crippen molar-refractivity contribution in [2.24, 2.45) is 5.41 Å². The molecule has 170 valence electrons. The number of benzene rings is 1. The zero-order valence-corrected chi connectivity index (χ0v) is 19.9. The van der Waals surface area contributed by atoms with Gasteiger partial charge < -0.3 is 9.88 Å². The third kappa shape index (κ3) is 4.81. The maximum absolute atomic E-state index is 12.7. The van der Waals surface area contributed by atoms with Gasteiger partial charge in [0.1, 0.15) is 5.82 Å². The van der Waals surface area contributed by atoms with Crippen molar-refractivity contribution >= 4 is 40.3 Å². The molecule has 2 aromatic heterocycles. The minimum atomic E-state index is -0.348. The zero-order valence-electron chi connectivity index (χ0n) is 18.4. The Balaban J connectivity index is 1.63. The summed E-state index contributed by atoms with van der Waals surface area (Å²) in [7, 11) is 0. The predicted octanol–water partition coefficient (Wildman–Crippen LogP) is 4.01. The van der Waals surface area contributed by atoms with E-state index in [1.165, 1.54) is 4.68 Å². The smallest absolute Gasteiger partial charge is 0.281 e. The second kappa shape index (κ2) is 8.83. The van der Waals surface area contributed by atoms with Gasteiger partial charge >= 0.3 is 0 Å². The van der Waals surface area contributed by atoms with Crippen LogP contribution in [-0.2, 0) is 11.3 Å². The molecular weight excluding hydrogens is 451 g/mol. The van der Waals surface area contributed by atoms with E-state index in [4.69, 9.17) is 28.2 Å². The van der Waals surface area contributed by atoms with E-state index in [1.54, 1.807) is 18.2 Å². The summed E-state index contributed by atoms with van der Waals surface area (Å²) >= 11 is 12.6. The van der Waals surface area contributed by atoms with Gasteiger partial charge in [-0.05, 0) is 30.4 Å². The minimum Gasteiger partial charge on any atom is -0.342 e. The van der Waals surface area contributed by atoms with Gasteiger partial charge in [-0.25, -0.2) is 9.67 Å². The number of amides is 1. The quantitative estimate of drug-likeness (QED) is 0.613. The van der Waals surface area contributed by atoms with Gasteiger partial charge in [-0.15, -0.1) is 5.10 Å². The number of likely N-dealkylation sites (tertiary alicyclic amines) is 1. The summed E-state index contributed by atoms with van der Waals surface area (Å²) < 4.78 is 1.53. The number of nitrogens with one attached hydrogen (secondary N) is 1. The fraction of sp³-hybridized carbons (Fsp3) is 0.500. The van der Waals surface area contributed by atoms with Crippen LogP contribution in [0.4, 0.5) is 0 Å². The molecule has 1 amide bonds. The molecule has 10 heteroatoms. The van der Waals surface area contributed by atoms with Crippen LogP contribution in [0.1, 0.15) is 57.3 Å². The van der Waals surface area contributed by atoms with Crippen LogP contribution in [0.2, 0.25) is 10.0 Å². The predicted molar refractivity (Wildman–Crippen MR) is 124 cm³/mol. The van der Waals surface area contributed by atoms with Gasteiger partial charge in [0.05, 0.1) is 6.54 Å². The Bertz CT molecular complexity index is 1190. The molecule has 3 aromatic rings. The highest BCUT2D eigenvalue weighted by atomic mass is 35.5. The van der Waals surface area contributed by atoms with E-state index in [0.717, 1.165) is 19.4 Å². The zero-order chi connectivity index (χ0) is 23.0. The van der Waals surface area contributed by atoms with E-state index >= 15 is 0 Å². The molecule has 0 spiro atoms. The third-order valence-electron chi connectivity index (χ3n) is 5.60. The lowest BCUT2D eigenvalue weighted by Gasteiger charge is -2.34. The Morgan fingerprint density at radius 1 is 1.25 bits per heavy atom. The Hall–Kier alpha value is -2.45. The molecule has 1 saturated heterocycles. The lowest BCUT2D eigenvalue weighted by atomic mass is 9.90. The number of nitrogens with zero attached hydrogens (tertiary/aromatic N) is 5. The van der Waals surface area contributed by atoms with Crippen LogP contribution in [0.25, 0.3) is 11.2 Å². The number of piperidine rings is 1. The molecule has 1 aliphatic heterocycles. The van der Waals surface area contributed by atoms with Crippen molar-refractivity contribution in [2.75, 3.05) is 13.1 Å². The lowest BCUT2D eigenvalue weighted by molar-refractivity contribution is -0.134. The monoisotopic (exact) mass is 476 g/mol. The fourth-order valence-electron chi connectivity index (χ4n) is 4.01. The molecule has 32 heavy (non-hydrogen) atoms. The highest BCUT2D eigenvalue weighted by molar-refractivity contribution is 6.36. The minimum absolute atomic E-state index is 0.0583. The molecule has 1 atom stereocenters. The lowest BCUT2D eigenvalue weighted by Crippen LogP contribution is -2.41. The molecule has 3 heterocycles. The first-order valence-corrected chi connectivity index (χ1v) is 11.4. The number of carbonyl (C=O) groups is 1. The molecule has 0 radical (unpaired) electrons. The summed E-state index contributed by atoms with van der Waals surface area (Å²) in [6.45, 7) is 7.66. The summed E-state index contributed by atoms with van der Waals surface area (Å²) in [5, 5.41) is 9.12. The average molecular weight is 477 g/mol. The molecule has 1 aromatic carbocycles. The van der Waals surface area contributed by atoms with Crippen LogP contribution in [0.3, 0.4) is 0 Å². The number of aromatic nitrogens is 5. The van der Waals surface area contributed by atoms with E-state index in [9.17, 15) is 9.59 Å². The topological polar surface area (TPSA) is 96.8 Å². The number of hydrogen-bond donors (Lipinski definition) is 1. The molecule has 0 saturated carbocycles. The van der Waals surface area contributed by atoms with Crippen LogP contribution in [0.5, 0.6) is 0 Å². The van der Waals surface area contributed by atoms with Crippen molar-refractivity contribution in [1.29, 1.82) is 0 Å². The standard InChI is InChI=1S/C22H26Cl2N6O2/c1-22(2,3)10-17(31)29-9-5-6-13(11-29)19-25-20-18(21(32)26-19)27-28-30(20)12-14-15(23)7-4-8-16(14)24/h4,7-8,13H,5-6,9-12H2,1-3H3,(H,25,26,32). The molecule has 1 N–H and O–H groups in total. The normalized spacial score (nSPS) is 17.2. The number of rotatable bonds is 4. The summed E-state index contributed by atoms with van der Waals surface area (Å²) in [6.07, 6.45) is 2.18. The highest BCUT2D eigenvalue weighted by Crippen LogP contribution is 2.28. The first-order valence-electron chi connectivity index (χ1n) is 10.7. The van der Waals surface area contributed by atoms with Crippen LogP contribution in [0, 0.1) is 5.41 Å². The van der Waals surface area contributed by atoms with Gasteiger partial charge in [0.15, 0.2) is 11.2 Å². The van der Waals surface area contributed by atoms with Gasteiger partial charge in [-0.2, -0.15) is 0 Å². The number of hydrogen-bond acceptors (Lipinski definition) is 5. The van der Waals surface area contributed by atoms with E-state index in [-0.39, 0.29) is 34.9 Å². The largest absolute Gasteiger partial charge is 0.342 e. The highest BCUT2D eigenvalue weighted by Gasteiger charge is 2.29. The van der Waals surface area contributed by atoms with E-state index in [0.29, 0.717) is 40.0 Å². The van der Waals surface area contributed by atoms with Crippen molar-refractivity contribution in [3.63, 3.8) is 0 Å². The number of carbonyl (C=O) groups excluding carboxylic acids is 1. The van der Waals surface area contributed by atoms with Crippen molar-refractivity contribution in [2.45, 2.75) is 52.5 Å².